The third-order valence-corrected chi connectivity index (χ3v) is 10.4. The third-order valence-electron chi connectivity index (χ3n) is 9.16. The zero-order valence-corrected chi connectivity index (χ0v) is 33.5. The number of Topliss-reactive ketones (excluding diaryl/α,β-unsaturated/α-hetero) is 1. The van der Waals surface area contributed by atoms with Crippen molar-refractivity contribution < 1.29 is 65.8 Å². The number of carbonyl (C=O) groups excluding carboxylic acids is 4. The molecule has 56 heavy (non-hydrogen) atoms. The van der Waals surface area contributed by atoms with Gasteiger partial charge >= 0.3 is 31.4 Å². The summed E-state index contributed by atoms with van der Waals surface area (Å²) in [5.41, 5.74) is -5.77. The van der Waals surface area contributed by atoms with E-state index in [1.165, 1.54) is 41.5 Å². The molecule has 1 aliphatic heterocycles. The lowest BCUT2D eigenvalue weighted by Gasteiger charge is -2.32. The topological polar surface area (TPSA) is 226 Å². The number of rotatable bonds is 21. The fourth-order valence-electron chi connectivity index (χ4n) is 5.37. The quantitative estimate of drug-likeness (QED) is 0.0607. The number of ether oxygens (including phenoxy) is 4. The predicted octanol–water partition coefficient (Wildman–Crippen LogP) is 3.10. The number of aromatic nitrogens is 2. The summed E-state index contributed by atoms with van der Waals surface area (Å²) in [6.07, 6.45) is -0.692. The van der Waals surface area contributed by atoms with Gasteiger partial charge in [0.1, 0.15) is 23.9 Å². The Morgan fingerprint density at radius 1 is 0.911 bits per heavy atom. The average molecular weight is 816 g/mol. The number of ketones is 1. The largest absolute Gasteiger partial charge is 0.480 e. The molecule has 2 aromatic rings. The van der Waals surface area contributed by atoms with Crippen LogP contribution in [-0.2, 0) is 58.2 Å². The highest BCUT2D eigenvalue weighted by molar-refractivity contribution is 7.48. The highest BCUT2D eigenvalue weighted by Crippen LogP contribution is 2.54. The first kappa shape index (κ1) is 46.3. The third kappa shape index (κ3) is 11.5. The number of alkyl halides is 1. The molecule has 5 atom stereocenters. The van der Waals surface area contributed by atoms with Gasteiger partial charge in [0, 0.05) is 23.7 Å². The molecule has 0 spiro atoms. The smallest absolute Gasteiger partial charge is 0.442 e. The standard InChI is InChI=1S/C36H51FN3O15P/c1-22(2)29(38-16-27(41)26-12-10-9-11-13-26)32(45)49-19-40-28(42)14-15-39(34(40)46)33-35(8,47)25(7)36(17-37,55-33)18-52-56(48,53-20-50-30(43)23(3)4)54-21-51-31(44)24(5)6/h9-15,22-25,29,33,38,47H,16-21H2,1-8H3/t25-,29?,33+,35+,36+/m0/s1. The Balaban J connectivity index is 1.81. The van der Waals surface area contributed by atoms with Gasteiger partial charge in [0.15, 0.2) is 18.7 Å². The second kappa shape index (κ2) is 19.9. The Morgan fingerprint density at radius 3 is 2.00 bits per heavy atom. The molecule has 2 heterocycles. The molecular weight excluding hydrogens is 764 g/mol. The summed E-state index contributed by atoms with van der Waals surface area (Å²) < 4.78 is 66.7. The molecule has 0 radical (unpaired) electrons. The Morgan fingerprint density at radius 2 is 1.48 bits per heavy atom. The molecule has 1 saturated heterocycles. The van der Waals surface area contributed by atoms with Crippen molar-refractivity contribution in [3.63, 3.8) is 0 Å². The van der Waals surface area contributed by atoms with Crippen LogP contribution in [0.25, 0.3) is 0 Å². The molecule has 20 heteroatoms. The molecule has 18 nitrogen and oxygen atoms in total. The minimum absolute atomic E-state index is 0.197. The van der Waals surface area contributed by atoms with Crippen LogP contribution in [0.3, 0.4) is 0 Å². The summed E-state index contributed by atoms with van der Waals surface area (Å²) in [4.78, 5) is 76.1. The maximum absolute atomic E-state index is 15.1. The lowest BCUT2D eigenvalue weighted by atomic mass is 9.80. The fourth-order valence-corrected chi connectivity index (χ4v) is 6.34. The van der Waals surface area contributed by atoms with E-state index in [4.69, 9.17) is 32.5 Å². The first-order valence-corrected chi connectivity index (χ1v) is 19.3. The monoisotopic (exact) mass is 815 g/mol. The Bertz CT molecular complexity index is 1820. The highest BCUT2D eigenvalue weighted by atomic mass is 31.2. The second-order valence-electron chi connectivity index (χ2n) is 14.3. The van der Waals surface area contributed by atoms with Crippen molar-refractivity contribution in [2.24, 2.45) is 23.7 Å². The molecule has 0 aliphatic carbocycles. The summed E-state index contributed by atoms with van der Waals surface area (Å²) in [5.74, 6) is -5.32. The van der Waals surface area contributed by atoms with Crippen LogP contribution >= 0.6 is 7.82 Å². The van der Waals surface area contributed by atoms with Crippen molar-refractivity contribution in [3.8, 4) is 0 Å². The molecular formula is C36H51FN3O15P. The summed E-state index contributed by atoms with van der Waals surface area (Å²) in [6.45, 7) is 6.94. The van der Waals surface area contributed by atoms with Crippen molar-refractivity contribution in [1.29, 1.82) is 0 Å². The number of halogens is 1. The number of nitrogens with one attached hydrogen (secondary N) is 1. The van der Waals surface area contributed by atoms with Crippen LogP contribution in [0, 0.1) is 23.7 Å². The van der Waals surface area contributed by atoms with Crippen LogP contribution in [0.2, 0.25) is 0 Å². The number of carbonyl (C=O) groups is 4. The second-order valence-corrected chi connectivity index (χ2v) is 16.0. The van der Waals surface area contributed by atoms with Gasteiger partial charge in [-0.2, -0.15) is 0 Å². The van der Waals surface area contributed by atoms with Gasteiger partial charge in [0.05, 0.1) is 25.0 Å². The van der Waals surface area contributed by atoms with E-state index in [-0.39, 0.29) is 18.2 Å². The maximum Gasteiger partial charge on any atom is 0.480 e. The number of phosphoric acid groups is 1. The van der Waals surface area contributed by atoms with Crippen LogP contribution in [0.1, 0.15) is 72.0 Å². The van der Waals surface area contributed by atoms with Crippen LogP contribution in [0.5, 0.6) is 0 Å². The summed E-state index contributed by atoms with van der Waals surface area (Å²) >= 11 is 0. The highest BCUT2D eigenvalue weighted by Gasteiger charge is 2.61. The molecule has 3 rings (SSSR count). The summed E-state index contributed by atoms with van der Waals surface area (Å²) in [5, 5.41) is 14.5. The van der Waals surface area contributed by atoms with Gasteiger partial charge in [-0.3, -0.25) is 38.4 Å². The van der Waals surface area contributed by atoms with E-state index >= 15 is 4.39 Å². The number of hydrogen-bond acceptors (Lipinski definition) is 16. The van der Waals surface area contributed by atoms with Crippen LogP contribution in [0.15, 0.2) is 52.2 Å². The van der Waals surface area contributed by atoms with Crippen molar-refractivity contribution in [3.05, 3.63) is 69.0 Å². The normalized spacial score (nSPS) is 21.7. The number of phosphoric ester groups is 1. The summed E-state index contributed by atoms with van der Waals surface area (Å²) in [6, 6.07) is 8.35. The summed E-state index contributed by atoms with van der Waals surface area (Å²) in [7, 11) is -4.81. The predicted molar refractivity (Wildman–Crippen MR) is 194 cm³/mol. The van der Waals surface area contributed by atoms with E-state index < -0.39 is 112 Å². The fraction of sp³-hybridized carbons (Fsp3) is 0.611. The van der Waals surface area contributed by atoms with Gasteiger partial charge < -0.3 is 24.1 Å². The van der Waals surface area contributed by atoms with E-state index in [1.54, 1.807) is 44.2 Å². The lowest BCUT2D eigenvalue weighted by molar-refractivity contribution is -0.160. The van der Waals surface area contributed by atoms with E-state index in [2.05, 4.69) is 5.32 Å². The van der Waals surface area contributed by atoms with Crippen molar-refractivity contribution in [2.45, 2.75) is 85.6 Å². The molecule has 1 fully saturated rings. The number of aliphatic hydroxyl groups is 1. The molecule has 1 aromatic heterocycles. The van der Waals surface area contributed by atoms with E-state index in [9.17, 15) is 38.4 Å². The van der Waals surface area contributed by atoms with E-state index in [0.717, 1.165) is 16.8 Å². The van der Waals surface area contributed by atoms with Gasteiger partial charge in [-0.15, -0.1) is 0 Å². The van der Waals surface area contributed by atoms with E-state index in [1.807, 2.05) is 0 Å². The van der Waals surface area contributed by atoms with E-state index in [0.29, 0.717) is 10.1 Å². The molecule has 1 aliphatic rings. The Kier molecular flexibility index (Phi) is 16.4. The first-order valence-electron chi connectivity index (χ1n) is 17.8. The van der Waals surface area contributed by atoms with Crippen molar-refractivity contribution in [1.82, 2.24) is 14.5 Å². The van der Waals surface area contributed by atoms with Crippen molar-refractivity contribution >= 4 is 31.5 Å². The number of nitrogens with zero attached hydrogens (tertiary/aromatic N) is 2. The minimum Gasteiger partial charge on any atom is -0.442 e. The number of benzene rings is 1. The zero-order valence-electron chi connectivity index (χ0n) is 32.6. The van der Waals surface area contributed by atoms with Gasteiger partial charge in [0.25, 0.3) is 5.56 Å². The zero-order chi connectivity index (χ0) is 42.0. The van der Waals surface area contributed by atoms with Gasteiger partial charge in [-0.25, -0.2) is 27.4 Å². The average Bonchev–Trinajstić information content (AvgIpc) is 3.34. The van der Waals surface area contributed by atoms with Crippen LogP contribution < -0.4 is 16.6 Å². The van der Waals surface area contributed by atoms with Gasteiger partial charge in [-0.05, 0) is 12.8 Å². The minimum atomic E-state index is -4.81. The lowest BCUT2D eigenvalue weighted by Crippen LogP contribution is -2.48. The molecule has 0 bridgehead atoms. The first-order chi connectivity index (χ1) is 26.2. The van der Waals surface area contributed by atoms with Gasteiger partial charge in [-0.1, -0.05) is 78.8 Å². The molecule has 0 amide bonds. The van der Waals surface area contributed by atoms with Gasteiger partial charge in [0.2, 0.25) is 13.6 Å². The molecule has 2 N–H and O–H groups in total. The Hall–Kier alpha value is -4.10. The molecule has 312 valence electrons. The van der Waals surface area contributed by atoms with Crippen molar-refractivity contribution in [2.75, 3.05) is 33.4 Å². The van der Waals surface area contributed by atoms with Crippen LogP contribution in [0.4, 0.5) is 4.39 Å². The molecule has 1 aromatic carbocycles. The number of esters is 3. The number of hydrogen-bond donors (Lipinski definition) is 2. The molecule has 1 unspecified atom stereocenters. The SMILES string of the molecule is CC(C)C(=O)OCOP(=O)(OCOC(=O)C(C)C)OC[C@@]1(CF)O[C@@H](n2ccc(=O)n(COC(=O)C(NCC(=O)c3ccccc3)C(C)C)c2=O)[C@](C)(O)[C@@H]1C. The molecule has 0 saturated carbocycles. The van der Waals surface area contributed by atoms with Crippen LogP contribution in [-0.4, -0.2) is 88.6 Å². The maximum atomic E-state index is 15.1. The Labute approximate surface area is 323 Å².